The summed E-state index contributed by atoms with van der Waals surface area (Å²) in [5, 5.41) is 9.78. The Morgan fingerprint density at radius 1 is 1.33 bits per heavy atom. The molecule has 0 aromatic heterocycles. The van der Waals surface area contributed by atoms with Crippen LogP contribution in [0.2, 0.25) is 0 Å². The average Bonchev–Trinajstić information content (AvgIpc) is 3.22. The van der Waals surface area contributed by atoms with Gasteiger partial charge in [0.25, 0.3) is 0 Å². The van der Waals surface area contributed by atoms with Gasteiger partial charge in [-0.15, -0.1) is 0 Å². The third-order valence-corrected chi connectivity index (χ3v) is 6.09. The van der Waals surface area contributed by atoms with Crippen LogP contribution in [0.25, 0.3) is 0 Å². The first-order chi connectivity index (χ1) is 11.5. The van der Waals surface area contributed by atoms with Gasteiger partial charge in [-0.05, 0) is 56.3 Å². The molecule has 4 nitrogen and oxygen atoms in total. The van der Waals surface area contributed by atoms with Crippen molar-refractivity contribution in [1.82, 2.24) is 4.90 Å². The van der Waals surface area contributed by atoms with Crippen LogP contribution >= 0.6 is 0 Å². The van der Waals surface area contributed by atoms with Crippen molar-refractivity contribution < 1.29 is 19.1 Å². The highest BCUT2D eigenvalue weighted by molar-refractivity contribution is 5.79. The molecule has 1 aromatic carbocycles. The zero-order valence-corrected chi connectivity index (χ0v) is 14.0. The Morgan fingerprint density at radius 2 is 2.04 bits per heavy atom. The highest BCUT2D eigenvalue weighted by Crippen LogP contribution is 2.45. The van der Waals surface area contributed by atoms with Crippen molar-refractivity contribution in [2.75, 3.05) is 7.05 Å². The Bertz CT molecular complexity index is 627. The Hall–Kier alpha value is -1.75. The number of hydrogen-bond acceptors (Lipinski definition) is 3. The van der Waals surface area contributed by atoms with Crippen LogP contribution in [0.1, 0.15) is 50.0 Å². The van der Waals surface area contributed by atoms with Crippen molar-refractivity contribution in [3.63, 3.8) is 0 Å². The zero-order chi connectivity index (χ0) is 17.3. The summed E-state index contributed by atoms with van der Waals surface area (Å²) < 4.78 is 13.5. The van der Waals surface area contributed by atoms with Gasteiger partial charge in [0.15, 0.2) is 0 Å². The van der Waals surface area contributed by atoms with E-state index < -0.39 is 11.5 Å². The van der Waals surface area contributed by atoms with Crippen LogP contribution in [0, 0.1) is 11.7 Å². The zero-order valence-electron chi connectivity index (χ0n) is 14.0. The molecule has 0 heterocycles. The van der Waals surface area contributed by atoms with Gasteiger partial charge >= 0.3 is 5.97 Å². The molecule has 24 heavy (non-hydrogen) atoms. The van der Waals surface area contributed by atoms with E-state index in [9.17, 15) is 19.1 Å². The van der Waals surface area contributed by atoms with E-state index in [1.165, 1.54) is 12.1 Å². The molecular weight excluding hydrogens is 309 g/mol. The number of aliphatic carboxylic acids is 1. The molecule has 130 valence electrons. The molecule has 3 atom stereocenters. The molecule has 1 N–H and O–H groups in total. The normalized spacial score (nSPS) is 29.0. The van der Waals surface area contributed by atoms with Crippen LogP contribution < -0.4 is 0 Å². The molecule has 0 spiro atoms. The van der Waals surface area contributed by atoms with Crippen LogP contribution in [-0.2, 0) is 9.59 Å². The number of carboxylic acid groups (broad SMARTS) is 1. The van der Waals surface area contributed by atoms with Crippen molar-refractivity contribution in [2.45, 2.75) is 56.0 Å². The molecule has 2 aliphatic carbocycles. The summed E-state index contributed by atoms with van der Waals surface area (Å²) in [4.78, 5) is 25.4. The van der Waals surface area contributed by atoms with Crippen LogP contribution in [-0.4, -0.2) is 40.9 Å². The highest BCUT2D eigenvalue weighted by atomic mass is 19.1. The Labute approximate surface area is 141 Å². The number of rotatable bonds is 5. The maximum Gasteiger partial charge on any atom is 0.324 e. The van der Waals surface area contributed by atoms with Crippen LogP contribution in [0.4, 0.5) is 4.39 Å². The number of carbonyl (C=O) groups excluding carboxylic acids is 1. The van der Waals surface area contributed by atoms with Gasteiger partial charge in [-0.2, -0.15) is 0 Å². The molecule has 2 fully saturated rings. The first kappa shape index (κ1) is 17.1. The lowest BCUT2D eigenvalue weighted by molar-refractivity contribution is -0.152. The van der Waals surface area contributed by atoms with Gasteiger partial charge < -0.3 is 9.90 Å². The van der Waals surface area contributed by atoms with Crippen molar-refractivity contribution in [3.05, 3.63) is 35.6 Å². The minimum absolute atomic E-state index is 0.0302. The molecule has 3 unspecified atom stereocenters. The number of benzene rings is 1. The van der Waals surface area contributed by atoms with Gasteiger partial charge in [-0.1, -0.05) is 25.0 Å². The maximum atomic E-state index is 13.5. The summed E-state index contributed by atoms with van der Waals surface area (Å²) in [7, 11) is 1.87. The van der Waals surface area contributed by atoms with Crippen molar-refractivity contribution >= 4 is 12.3 Å². The topological polar surface area (TPSA) is 57.6 Å². The lowest BCUT2D eigenvalue weighted by atomic mass is 9.90. The average molecular weight is 333 g/mol. The molecule has 2 saturated carbocycles. The minimum atomic E-state index is -0.811. The van der Waals surface area contributed by atoms with E-state index in [2.05, 4.69) is 0 Å². The summed E-state index contributed by atoms with van der Waals surface area (Å²) in [6.45, 7) is 0. The van der Waals surface area contributed by atoms with Crippen molar-refractivity contribution in [3.8, 4) is 0 Å². The monoisotopic (exact) mass is 333 g/mol. The van der Waals surface area contributed by atoms with E-state index in [-0.39, 0.29) is 23.7 Å². The van der Waals surface area contributed by atoms with Gasteiger partial charge in [0.1, 0.15) is 17.6 Å². The number of halogens is 1. The highest BCUT2D eigenvalue weighted by Gasteiger charge is 2.49. The first-order valence-electron chi connectivity index (χ1n) is 8.65. The number of carboxylic acids is 1. The molecule has 5 heteroatoms. The number of likely N-dealkylation sites (N-methyl/N-ethyl adjacent to an activating group) is 1. The van der Waals surface area contributed by atoms with Crippen molar-refractivity contribution in [1.29, 1.82) is 0 Å². The standard InChI is InChI=1S/C19H24FNO3/c1-21(19(18(23)24)7-2-3-8-19)16-10-14(12-22)17(11-16)13-5-4-6-15(20)9-13/h4-6,9,12,14,16-17H,2-3,7-8,10-11H2,1H3,(H,23,24). The summed E-state index contributed by atoms with van der Waals surface area (Å²) in [6.07, 6.45) is 5.44. The third-order valence-electron chi connectivity index (χ3n) is 6.09. The van der Waals surface area contributed by atoms with Gasteiger partial charge in [0.05, 0.1) is 0 Å². The van der Waals surface area contributed by atoms with Crippen LogP contribution in [0.3, 0.4) is 0 Å². The molecule has 1 aromatic rings. The Morgan fingerprint density at radius 3 is 2.62 bits per heavy atom. The van der Waals surface area contributed by atoms with Crippen LogP contribution in [0.15, 0.2) is 24.3 Å². The lowest BCUT2D eigenvalue weighted by Gasteiger charge is -2.39. The molecular formula is C19H24FNO3. The SMILES string of the molecule is CN(C1CC(C=O)C(c2cccc(F)c2)C1)C1(C(=O)O)CCCC1. The summed E-state index contributed by atoms with van der Waals surface area (Å²) in [6, 6.07) is 6.44. The predicted octanol–water partition coefficient (Wildman–Crippen LogP) is 3.22. The van der Waals surface area contributed by atoms with E-state index in [0.29, 0.717) is 25.7 Å². The number of hydrogen-bond donors (Lipinski definition) is 1. The summed E-state index contributed by atoms with van der Waals surface area (Å²) in [5.74, 6) is -1.30. The van der Waals surface area contributed by atoms with Gasteiger partial charge in [0, 0.05) is 12.0 Å². The van der Waals surface area contributed by atoms with E-state index in [1.54, 1.807) is 6.07 Å². The predicted molar refractivity (Wildman–Crippen MR) is 88.3 cm³/mol. The lowest BCUT2D eigenvalue weighted by Crippen LogP contribution is -2.54. The van der Waals surface area contributed by atoms with Gasteiger partial charge in [-0.25, -0.2) is 4.39 Å². The molecule has 3 rings (SSSR count). The third kappa shape index (κ3) is 2.86. The fourth-order valence-electron chi connectivity index (χ4n) is 4.66. The quantitative estimate of drug-likeness (QED) is 0.841. The van der Waals surface area contributed by atoms with Gasteiger partial charge in [0.2, 0.25) is 0 Å². The maximum absolute atomic E-state index is 13.5. The molecule has 0 bridgehead atoms. The second kappa shape index (κ2) is 6.63. The molecule has 0 amide bonds. The minimum Gasteiger partial charge on any atom is -0.480 e. The Balaban J connectivity index is 1.83. The van der Waals surface area contributed by atoms with E-state index in [1.807, 2.05) is 18.0 Å². The fraction of sp³-hybridized carbons (Fsp3) is 0.579. The van der Waals surface area contributed by atoms with Crippen LogP contribution in [0.5, 0.6) is 0 Å². The largest absolute Gasteiger partial charge is 0.480 e. The second-order valence-electron chi connectivity index (χ2n) is 7.24. The van der Waals surface area contributed by atoms with E-state index in [0.717, 1.165) is 24.7 Å². The molecule has 0 aliphatic heterocycles. The number of carbonyl (C=O) groups is 2. The molecule has 0 saturated heterocycles. The van der Waals surface area contributed by atoms with E-state index in [4.69, 9.17) is 0 Å². The number of nitrogens with zero attached hydrogens (tertiary/aromatic N) is 1. The van der Waals surface area contributed by atoms with E-state index >= 15 is 0 Å². The number of aldehydes is 1. The summed E-state index contributed by atoms with van der Waals surface area (Å²) in [5.41, 5.74) is 0.0216. The van der Waals surface area contributed by atoms with Gasteiger partial charge in [-0.3, -0.25) is 9.69 Å². The summed E-state index contributed by atoms with van der Waals surface area (Å²) >= 11 is 0. The smallest absolute Gasteiger partial charge is 0.324 e. The molecule has 2 aliphatic rings. The van der Waals surface area contributed by atoms with Crippen molar-refractivity contribution in [2.24, 2.45) is 5.92 Å². The first-order valence-corrected chi connectivity index (χ1v) is 8.65. The fourth-order valence-corrected chi connectivity index (χ4v) is 4.66. The Kier molecular flexibility index (Phi) is 4.72. The molecule has 0 radical (unpaired) electrons. The second-order valence-corrected chi connectivity index (χ2v) is 7.24.